The summed E-state index contributed by atoms with van der Waals surface area (Å²) in [6.45, 7) is 6.90. The molecule has 0 spiro atoms. The molecule has 1 atom stereocenters. The molecule has 0 bridgehead atoms. The van der Waals surface area contributed by atoms with Crippen LogP contribution in [0.15, 0.2) is 22.6 Å². The lowest BCUT2D eigenvalue weighted by atomic mass is 10.1. The van der Waals surface area contributed by atoms with E-state index in [4.69, 9.17) is 9.15 Å². The first-order chi connectivity index (χ1) is 10.1. The van der Waals surface area contributed by atoms with E-state index in [1.165, 1.54) is 12.1 Å². The first-order valence-corrected chi connectivity index (χ1v) is 7.10. The van der Waals surface area contributed by atoms with Gasteiger partial charge in [0.2, 0.25) is 5.89 Å². The maximum absolute atomic E-state index is 13.4. The molecule has 0 amide bonds. The quantitative estimate of drug-likeness (QED) is 0.850. The first kappa shape index (κ1) is 15.4. The zero-order valence-electron chi connectivity index (χ0n) is 12.5. The summed E-state index contributed by atoms with van der Waals surface area (Å²) in [6, 6.07) is 4.60. The van der Waals surface area contributed by atoms with Crippen molar-refractivity contribution in [3.8, 4) is 5.75 Å². The van der Waals surface area contributed by atoms with E-state index in [0.717, 1.165) is 12.1 Å². The number of rotatable bonds is 7. The molecule has 0 aliphatic rings. The summed E-state index contributed by atoms with van der Waals surface area (Å²) in [6.07, 6.45) is 0.676. The lowest BCUT2D eigenvalue weighted by molar-refractivity contribution is 0.254. The molecule has 0 fully saturated rings. The van der Waals surface area contributed by atoms with E-state index >= 15 is 0 Å². The lowest BCUT2D eigenvalue weighted by Gasteiger charge is -2.17. The number of ether oxygens (including phenoxy) is 1. The Balaban J connectivity index is 2.12. The number of hydrogen-bond donors (Lipinski definition) is 1. The second kappa shape index (κ2) is 7.17. The highest BCUT2D eigenvalue weighted by molar-refractivity contribution is 5.36. The fourth-order valence-electron chi connectivity index (χ4n) is 2.04. The zero-order chi connectivity index (χ0) is 15.2. The fraction of sp³-hybridized carbons (Fsp3) is 0.467. The maximum atomic E-state index is 13.4. The Morgan fingerprint density at radius 2 is 2.05 bits per heavy atom. The van der Waals surface area contributed by atoms with Gasteiger partial charge in [0.25, 0.3) is 5.89 Å². The molecule has 1 aromatic heterocycles. The standard InChI is InChI=1S/C15H20FN3O2/c1-4-14-18-19-15(21-14)9-20-13-8-11(16)6-7-12(13)10(3)17-5-2/h6-8,10,17H,4-5,9H2,1-3H3. The van der Waals surface area contributed by atoms with Crippen LogP contribution in [0.2, 0.25) is 0 Å². The third-order valence-electron chi connectivity index (χ3n) is 3.11. The average molecular weight is 293 g/mol. The molecule has 5 nitrogen and oxygen atoms in total. The molecule has 1 unspecified atom stereocenters. The van der Waals surface area contributed by atoms with Gasteiger partial charge >= 0.3 is 0 Å². The highest BCUT2D eigenvalue weighted by Crippen LogP contribution is 2.26. The van der Waals surface area contributed by atoms with Crippen LogP contribution >= 0.6 is 0 Å². The van der Waals surface area contributed by atoms with Crippen molar-refractivity contribution in [2.75, 3.05) is 6.54 Å². The number of benzene rings is 1. The summed E-state index contributed by atoms with van der Waals surface area (Å²) in [5, 5.41) is 11.0. The van der Waals surface area contributed by atoms with Gasteiger partial charge in [-0.3, -0.25) is 0 Å². The van der Waals surface area contributed by atoms with Gasteiger partial charge in [-0.05, 0) is 19.5 Å². The molecule has 0 aliphatic heterocycles. The SMILES string of the molecule is CCNC(C)c1ccc(F)cc1OCc1nnc(CC)o1. The zero-order valence-corrected chi connectivity index (χ0v) is 12.5. The van der Waals surface area contributed by atoms with Crippen LogP contribution in [0.25, 0.3) is 0 Å². The minimum Gasteiger partial charge on any atom is -0.483 e. The molecular weight excluding hydrogens is 273 g/mol. The lowest BCUT2D eigenvalue weighted by Crippen LogP contribution is -2.18. The van der Waals surface area contributed by atoms with Crippen molar-refractivity contribution in [2.45, 2.75) is 39.8 Å². The second-order valence-corrected chi connectivity index (χ2v) is 4.69. The van der Waals surface area contributed by atoms with Gasteiger partial charge < -0.3 is 14.5 Å². The van der Waals surface area contributed by atoms with Crippen molar-refractivity contribution >= 4 is 0 Å². The predicted molar refractivity (Wildman–Crippen MR) is 76.5 cm³/mol. The highest BCUT2D eigenvalue weighted by atomic mass is 19.1. The van der Waals surface area contributed by atoms with Gasteiger partial charge in [0.1, 0.15) is 11.6 Å². The molecule has 114 valence electrons. The third kappa shape index (κ3) is 4.01. The van der Waals surface area contributed by atoms with E-state index in [2.05, 4.69) is 15.5 Å². The molecule has 1 N–H and O–H groups in total. The van der Waals surface area contributed by atoms with Crippen LogP contribution in [0.5, 0.6) is 5.75 Å². The smallest absolute Gasteiger partial charge is 0.253 e. The Kier molecular flexibility index (Phi) is 5.27. The normalized spacial score (nSPS) is 12.4. The van der Waals surface area contributed by atoms with Gasteiger partial charge in [-0.15, -0.1) is 10.2 Å². The number of nitrogens with zero attached hydrogens (tertiary/aromatic N) is 2. The first-order valence-electron chi connectivity index (χ1n) is 7.10. The predicted octanol–water partition coefficient (Wildman–Crippen LogP) is 3.02. The van der Waals surface area contributed by atoms with E-state index < -0.39 is 0 Å². The number of aromatic nitrogens is 2. The minimum atomic E-state index is -0.336. The summed E-state index contributed by atoms with van der Waals surface area (Å²) in [5.74, 6) is 1.10. The monoisotopic (exact) mass is 293 g/mol. The summed E-state index contributed by atoms with van der Waals surface area (Å²) >= 11 is 0. The molecule has 2 aromatic rings. The Bertz CT molecular complexity index is 586. The van der Waals surface area contributed by atoms with Gasteiger partial charge in [-0.25, -0.2) is 4.39 Å². The molecular formula is C15H20FN3O2. The van der Waals surface area contributed by atoms with Gasteiger partial charge in [0, 0.05) is 24.1 Å². The molecule has 21 heavy (non-hydrogen) atoms. The summed E-state index contributed by atoms with van der Waals surface area (Å²) in [5.41, 5.74) is 0.897. The number of aryl methyl sites for hydroxylation is 1. The molecule has 1 heterocycles. The molecule has 2 rings (SSSR count). The van der Waals surface area contributed by atoms with Crippen molar-refractivity contribution in [2.24, 2.45) is 0 Å². The summed E-state index contributed by atoms with van der Waals surface area (Å²) in [7, 11) is 0. The highest BCUT2D eigenvalue weighted by Gasteiger charge is 2.13. The molecule has 0 radical (unpaired) electrons. The van der Waals surface area contributed by atoms with Crippen molar-refractivity contribution in [3.63, 3.8) is 0 Å². The topological polar surface area (TPSA) is 60.2 Å². The Morgan fingerprint density at radius 3 is 2.71 bits per heavy atom. The van der Waals surface area contributed by atoms with Gasteiger partial charge in [0.15, 0.2) is 6.61 Å². The van der Waals surface area contributed by atoms with Crippen LogP contribution in [0.1, 0.15) is 44.2 Å². The van der Waals surface area contributed by atoms with Crippen LogP contribution in [-0.4, -0.2) is 16.7 Å². The van der Waals surface area contributed by atoms with E-state index in [1.807, 2.05) is 20.8 Å². The maximum Gasteiger partial charge on any atom is 0.253 e. The fourth-order valence-corrected chi connectivity index (χ4v) is 2.04. The summed E-state index contributed by atoms with van der Waals surface area (Å²) in [4.78, 5) is 0. The Labute approximate surface area is 123 Å². The Hall–Kier alpha value is -1.95. The van der Waals surface area contributed by atoms with Crippen LogP contribution in [0, 0.1) is 5.82 Å². The number of hydrogen-bond acceptors (Lipinski definition) is 5. The van der Waals surface area contributed by atoms with Gasteiger partial charge in [0.05, 0.1) is 0 Å². The van der Waals surface area contributed by atoms with Crippen LogP contribution in [0.4, 0.5) is 4.39 Å². The van der Waals surface area contributed by atoms with E-state index in [1.54, 1.807) is 6.07 Å². The van der Waals surface area contributed by atoms with Gasteiger partial charge in [-0.1, -0.05) is 19.9 Å². The van der Waals surface area contributed by atoms with E-state index in [0.29, 0.717) is 24.0 Å². The average Bonchev–Trinajstić information content (AvgIpc) is 2.93. The molecule has 0 saturated carbocycles. The molecule has 0 saturated heterocycles. The van der Waals surface area contributed by atoms with Gasteiger partial charge in [-0.2, -0.15) is 0 Å². The van der Waals surface area contributed by atoms with Crippen LogP contribution in [0.3, 0.4) is 0 Å². The summed E-state index contributed by atoms with van der Waals surface area (Å²) < 4.78 is 24.5. The number of nitrogens with one attached hydrogen (secondary N) is 1. The van der Waals surface area contributed by atoms with Crippen LogP contribution < -0.4 is 10.1 Å². The molecule has 0 aliphatic carbocycles. The van der Waals surface area contributed by atoms with Crippen molar-refractivity contribution in [1.82, 2.24) is 15.5 Å². The van der Waals surface area contributed by atoms with Crippen LogP contribution in [-0.2, 0) is 13.0 Å². The molecule has 6 heteroatoms. The third-order valence-corrected chi connectivity index (χ3v) is 3.11. The largest absolute Gasteiger partial charge is 0.483 e. The van der Waals surface area contributed by atoms with E-state index in [9.17, 15) is 4.39 Å². The second-order valence-electron chi connectivity index (χ2n) is 4.69. The molecule has 1 aromatic carbocycles. The Morgan fingerprint density at radius 1 is 1.29 bits per heavy atom. The van der Waals surface area contributed by atoms with E-state index in [-0.39, 0.29) is 18.5 Å². The minimum absolute atomic E-state index is 0.0690. The number of halogens is 1. The van der Waals surface area contributed by atoms with Crippen molar-refractivity contribution < 1.29 is 13.5 Å². The van der Waals surface area contributed by atoms with Crippen molar-refractivity contribution in [3.05, 3.63) is 41.4 Å². The van der Waals surface area contributed by atoms with Crippen molar-refractivity contribution in [1.29, 1.82) is 0 Å².